The number of methoxy groups -OCH3 is 1. The highest BCUT2D eigenvalue weighted by molar-refractivity contribution is 9.10. The fraction of sp³-hybridized carbons (Fsp3) is 0.227. The zero-order valence-corrected chi connectivity index (χ0v) is 18.4. The first-order chi connectivity index (χ1) is 14.4. The minimum absolute atomic E-state index is 0.0822. The second-order valence-corrected chi connectivity index (χ2v) is 6.91. The highest BCUT2D eigenvalue weighted by Gasteiger charge is 2.15. The number of nitrogens with one attached hydrogen (secondary N) is 1. The van der Waals surface area contributed by atoms with E-state index in [9.17, 15) is 14.9 Å². The van der Waals surface area contributed by atoms with Crippen molar-refractivity contribution in [3.05, 3.63) is 57.6 Å². The molecule has 156 valence electrons. The summed E-state index contributed by atoms with van der Waals surface area (Å²) in [6.45, 7) is 3.56. The van der Waals surface area contributed by atoms with Gasteiger partial charge in [0.25, 0.3) is 5.91 Å². The highest BCUT2D eigenvalue weighted by atomic mass is 79.9. The third-order valence-electron chi connectivity index (χ3n) is 3.99. The van der Waals surface area contributed by atoms with E-state index in [0.29, 0.717) is 27.2 Å². The maximum atomic E-state index is 12.5. The molecule has 0 radical (unpaired) electrons. The first kappa shape index (κ1) is 23.0. The van der Waals surface area contributed by atoms with Crippen molar-refractivity contribution < 1.29 is 23.8 Å². The molecule has 1 amide bonds. The van der Waals surface area contributed by atoms with Crippen LogP contribution in [0.3, 0.4) is 0 Å². The van der Waals surface area contributed by atoms with E-state index in [2.05, 4.69) is 21.2 Å². The Morgan fingerprint density at radius 2 is 1.97 bits per heavy atom. The number of amides is 1. The molecule has 2 rings (SSSR count). The Labute approximate surface area is 183 Å². The predicted octanol–water partition coefficient (Wildman–Crippen LogP) is 4.25. The molecule has 1 N–H and O–H groups in total. The van der Waals surface area contributed by atoms with Gasteiger partial charge in [-0.3, -0.25) is 4.79 Å². The smallest absolute Gasteiger partial charge is 0.344 e. The quantitative estimate of drug-likeness (QED) is 0.350. The molecule has 8 heteroatoms. The van der Waals surface area contributed by atoms with Crippen molar-refractivity contribution in [3.8, 4) is 17.6 Å². The van der Waals surface area contributed by atoms with Gasteiger partial charge in [-0.1, -0.05) is 34.1 Å². The van der Waals surface area contributed by atoms with Crippen molar-refractivity contribution in [1.82, 2.24) is 0 Å². The molecule has 2 aromatic rings. The van der Waals surface area contributed by atoms with E-state index in [4.69, 9.17) is 14.2 Å². The van der Waals surface area contributed by atoms with Crippen LogP contribution in [0.25, 0.3) is 6.08 Å². The Bertz CT molecular complexity index is 1010. The lowest BCUT2D eigenvalue weighted by Gasteiger charge is -2.13. The number of para-hydroxylation sites is 1. The van der Waals surface area contributed by atoms with E-state index in [-0.39, 0.29) is 18.8 Å². The summed E-state index contributed by atoms with van der Waals surface area (Å²) in [4.78, 5) is 24.1. The number of rotatable bonds is 8. The van der Waals surface area contributed by atoms with Crippen LogP contribution in [0.2, 0.25) is 0 Å². The summed E-state index contributed by atoms with van der Waals surface area (Å²) in [5, 5.41) is 12.2. The van der Waals surface area contributed by atoms with Crippen molar-refractivity contribution in [2.45, 2.75) is 13.8 Å². The first-order valence-corrected chi connectivity index (χ1v) is 9.83. The second kappa shape index (κ2) is 11.0. The van der Waals surface area contributed by atoms with Crippen molar-refractivity contribution in [2.75, 3.05) is 25.6 Å². The van der Waals surface area contributed by atoms with E-state index in [1.165, 1.54) is 13.2 Å². The summed E-state index contributed by atoms with van der Waals surface area (Å²) in [6.07, 6.45) is 1.44. The van der Waals surface area contributed by atoms with E-state index < -0.39 is 11.9 Å². The first-order valence-electron chi connectivity index (χ1n) is 9.04. The molecule has 7 nitrogen and oxygen atoms in total. The van der Waals surface area contributed by atoms with Gasteiger partial charge in [-0.25, -0.2) is 4.79 Å². The summed E-state index contributed by atoms with van der Waals surface area (Å²) in [7, 11) is 1.45. The highest BCUT2D eigenvalue weighted by Crippen LogP contribution is 2.34. The molecule has 0 spiro atoms. The largest absolute Gasteiger partial charge is 0.493 e. The summed E-state index contributed by atoms with van der Waals surface area (Å²) >= 11 is 3.40. The Balaban J connectivity index is 2.27. The van der Waals surface area contributed by atoms with E-state index in [1.54, 1.807) is 31.2 Å². The van der Waals surface area contributed by atoms with Gasteiger partial charge in [-0.2, -0.15) is 5.26 Å². The van der Waals surface area contributed by atoms with Crippen LogP contribution in [0.4, 0.5) is 5.69 Å². The van der Waals surface area contributed by atoms with Crippen LogP contribution >= 0.6 is 15.9 Å². The van der Waals surface area contributed by atoms with E-state index in [1.807, 2.05) is 25.1 Å². The van der Waals surface area contributed by atoms with Gasteiger partial charge in [0.15, 0.2) is 18.1 Å². The molecule has 2 aromatic carbocycles. The molecule has 0 bridgehead atoms. The molecule has 0 unspecified atom stereocenters. The van der Waals surface area contributed by atoms with Gasteiger partial charge in [-0.05, 0) is 49.2 Å². The van der Waals surface area contributed by atoms with Gasteiger partial charge >= 0.3 is 5.97 Å². The molecule has 0 fully saturated rings. The minimum atomic E-state index is -0.527. The zero-order valence-electron chi connectivity index (χ0n) is 16.8. The van der Waals surface area contributed by atoms with Crippen LogP contribution in [0.15, 0.2) is 46.4 Å². The lowest BCUT2D eigenvalue weighted by atomic mass is 10.1. The van der Waals surface area contributed by atoms with Crippen LogP contribution < -0.4 is 14.8 Å². The van der Waals surface area contributed by atoms with Gasteiger partial charge in [-0.15, -0.1) is 0 Å². The topological polar surface area (TPSA) is 97.7 Å². The standard InChI is InChI=1S/C22H21BrN2O5/c1-4-29-21(26)13-30-20-11-17(23)15(10-19(20)28-3)9-16(12-24)22(27)25-18-8-6-5-7-14(18)2/h5-11H,4,13H2,1-3H3,(H,25,27)/b16-9-. The average molecular weight is 473 g/mol. The van der Waals surface area contributed by atoms with E-state index in [0.717, 1.165) is 5.56 Å². The van der Waals surface area contributed by atoms with Crippen LogP contribution in [-0.4, -0.2) is 32.2 Å². The van der Waals surface area contributed by atoms with Crippen LogP contribution in [-0.2, 0) is 14.3 Å². The molecular formula is C22H21BrN2O5. The van der Waals surface area contributed by atoms with Crippen molar-refractivity contribution in [1.29, 1.82) is 5.26 Å². The molecule has 0 saturated heterocycles. The summed E-state index contributed by atoms with van der Waals surface area (Å²) in [5.41, 5.74) is 1.96. The Hall–Kier alpha value is -3.31. The third kappa shape index (κ3) is 6.09. The van der Waals surface area contributed by atoms with E-state index >= 15 is 0 Å². The minimum Gasteiger partial charge on any atom is -0.493 e. The van der Waals surface area contributed by atoms with Crippen LogP contribution in [0, 0.1) is 18.3 Å². The molecule has 0 aliphatic carbocycles. The van der Waals surface area contributed by atoms with Crippen molar-refractivity contribution in [2.24, 2.45) is 0 Å². The normalized spacial score (nSPS) is 10.7. The number of carbonyl (C=O) groups is 2. The number of esters is 1. The molecule has 0 atom stereocenters. The number of hydrogen-bond donors (Lipinski definition) is 1. The lowest BCUT2D eigenvalue weighted by Crippen LogP contribution is -2.15. The summed E-state index contributed by atoms with van der Waals surface area (Å²) < 4.78 is 16.2. The third-order valence-corrected chi connectivity index (χ3v) is 4.68. The number of carbonyl (C=O) groups excluding carboxylic acids is 2. The number of hydrogen-bond acceptors (Lipinski definition) is 6. The molecule has 0 aliphatic heterocycles. The fourth-order valence-corrected chi connectivity index (χ4v) is 2.92. The number of nitriles is 1. The Morgan fingerprint density at radius 3 is 2.60 bits per heavy atom. The zero-order chi connectivity index (χ0) is 22.1. The van der Waals surface area contributed by atoms with Gasteiger partial charge < -0.3 is 19.5 Å². The van der Waals surface area contributed by atoms with Crippen molar-refractivity contribution >= 4 is 39.6 Å². The number of ether oxygens (including phenoxy) is 3. The number of benzene rings is 2. The van der Waals surface area contributed by atoms with Gasteiger partial charge in [0, 0.05) is 10.2 Å². The van der Waals surface area contributed by atoms with Crippen LogP contribution in [0.5, 0.6) is 11.5 Å². The van der Waals surface area contributed by atoms with Gasteiger partial charge in [0.1, 0.15) is 11.6 Å². The maximum Gasteiger partial charge on any atom is 0.344 e. The SMILES string of the molecule is CCOC(=O)COc1cc(Br)c(/C=C(/C#N)C(=O)Nc2ccccc2C)cc1OC. The van der Waals surface area contributed by atoms with Crippen molar-refractivity contribution in [3.63, 3.8) is 0 Å². The molecule has 0 saturated carbocycles. The molecule has 0 heterocycles. The molecule has 0 aromatic heterocycles. The summed E-state index contributed by atoms with van der Waals surface area (Å²) in [6, 6.07) is 12.4. The Kier molecular flexibility index (Phi) is 8.44. The summed E-state index contributed by atoms with van der Waals surface area (Å²) in [5.74, 6) is -0.373. The number of aryl methyl sites for hydroxylation is 1. The molecule has 30 heavy (non-hydrogen) atoms. The average Bonchev–Trinajstić information content (AvgIpc) is 2.73. The maximum absolute atomic E-state index is 12.5. The molecular weight excluding hydrogens is 452 g/mol. The molecule has 0 aliphatic rings. The number of anilines is 1. The second-order valence-electron chi connectivity index (χ2n) is 6.06. The monoisotopic (exact) mass is 472 g/mol. The van der Waals surface area contributed by atoms with Gasteiger partial charge in [0.05, 0.1) is 13.7 Å². The van der Waals surface area contributed by atoms with Gasteiger partial charge in [0.2, 0.25) is 0 Å². The van der Waals surface area contributed by atoms with Crippen LogP contribution in [0.1, 0.15) is 18.1 Å². The number of halogens is 1. The number of nitrogens with zero attached hydrogens (tertiary/aromatic N) is 1. The fourth-order valence-electron chi connectivity index (χ4n) is 2.48. The lowest BCUT2D eigenvalue weighted by molar-refractivity contribution is -0.145. The Morgan fingerprint density at radius 1 is 1.23 bits per heavy atom. The predicted molar refractivity (Wildman–Crippen MR) is 116 cm³/mol.